The first-order valence-electron chi connectivity index (χ1n) is 4.55. The number of halogens is 2. The van der Waals surface area contributed by atoms with Gasteiger partial charge in [-0.1, -0.05) is 29.3 Å². The van der Waals surface area contributed by atoms with E-state index in [-0.39, 0.29) is 5.56 Å². The molecule has 0 amide bonds. The van der Waals surface area contributed by atoms with Gasteiger partial charge in [0.25, 0.3) is 5.56 Å². The number of rotatable bonds is 2. The molecule has 0 radical (unpaired) electrons. The summed E-state index contributed by atoms with van der Waals surface area (Å²) in [4.78, 5) is 11.4. The zero-order valence-electron chi connectivity index (χ0n) is 8.21. The van der Waals surface area contributed by atoms with Crippen molar-refractivity contribution >= 4 is 29.0 Å². The van der Waals surface area contributed by atoms with E-state index < -0.39 is 0 Å². The third-order valence-corrected chi connectivity index (χ3v) is 2.87. The minimum absolute atomic E-state index is 0.177. The van der Waals surface area contributed by atoms with Crippen molar-refractivity contribution in [2.75, 3.05) is 5.73 Å². The van der Waals surface area contributed by atoms with Crippen molar-refractivity contribution in [3.05, 3.63) is 50.2 Å². The minimum Gasteiger partial charge on any atom is -0.384 e. The van der Waals surface area contributed by atoms with Gasteiger partial charge < -0.3 is 5.73 Å². The maximum atomic E-state index is 11.4. The number of nitrogens with two attached hydrogens (primary N) is 1. The average Bonchev–Trinajstić information content (AvgIpc) is 2.51. The molecular weight excluding hydrogens is 249 g/mol. The number of nitrogen functional groups attached to an aromatic ring is 1. The molecule has 2 rings (SSSR count). The number of benzene rings is 1. The number of hydrogen-bond donors (Lipinski definition) is 2. The highest BCUT2D eigenvalue weighted by molar-refractivity contribution is 6.42. The Kier molecular flexibility index (Phi) is 2.94. The van der Waals surface area contributed by atoms with Crippen LogP contribution in [0.15, 0.2) is 29.1 Å². The van der Waals surface area contributed by atoms with Gasteiger partial charge in [0.1, 0.15) is 5.82 Å². The van der Waals surface area contributed by atoms with Crippen LogP contribution in [0.5, 0.6) is 0 Å². The molecule has 2 aromatic rings. The Balaban J connectivity index is 2.30. The van der Waals surface area contributed by atoms with Crippen LogP contribution >= 0.6 is 23.2 Å². The largest absolute Gasteiger partial charge is 0.384 e. The van der Waals surface area contributed by atoms with E-state index in [1.807, 2.05) is 0 Å². The van der Waals surface area contributed by atoms with E-state index in [0.29, 0.717) is 22.4 Å². The second-order valence-electron chi connectivity index (χ2n) is 3.38. The van der Waals surface area contributed by atoms with Gasteiger partial charge in [-0.2, -0.15) is 0 Å². The van der Waals surface area contributed by atoms with E-state index in [4.69, 9.17) is 28.9 Å². The van der Waals surface area contributed by atoms with Crippen molar-refractivity contribution < 1.29 is 0 Å². The number of anilines is 1. The fourth-order valence-corrected chi connectivity index (χ4v) is 1.71. The molecule has 0 aliphatic carbocycles. The van der Waals surface area contributed by atoms with Gasteiger partial charge in [-0.15, -0.1) is 0 Å². The van der Waals surface area contributed by atoms with Crippen LogP contribution < -0.4 is 11.3 Å². The van der Waals surface area contributed by atoms with Gasteiger partial charge in [-0.05, 0) is 17.7 Å². The van der Waals surface area contributed by atoms with Gasteiger partial charge in [0.15, 0.2) is 0 Å². The molecule has 0 spiro atoms. The Hall–Kier alpha value is -1.39. The molecule has 0 saturated carbocycles. The quantitative estimate of drug-likeness (QED) is 0.866. The molecule has 1 aromatic carbocycles. The summed E-state index contributed by atoms with van der Waals surface area (Å²) in [6.07, 6.45) is 0. The van der Waals surface area contributed by atoms with Crippen molar-refractivity contribution in [1.29, 1.82) is 0 Å². The first kappa shape index (κ1) is 11.1. The molecule has 0 atom stereocenters. The Morgan fingerprint density at radius 2 is 2.00 bits per heavy atom. The predicted octanol–water partition coefficient (Wildman–Crippen LogP) is 2.11. The van der Waals surface area contributed by atoms with Crippen LogP contribution in [0.4, 0.5) is 5.82 Å². The number of nitrogens with zero attached hydrogens (tertiary/aromatic N) is 1. The Morgan fingerprint density at radius 1 is 1.25 bits per heavy atom. The number of aromatic nitrogens is 2. The maximum Gasteiger partial charge on any atom is 0.268 e. The third kappa shape index (κ3) is 2.23. The Morgan fingerprint density at radius 3 is 2.56 bits per heavy atom. The highest BCUT2D eigenvalue weighted by Crippen LogP contribution is 2.22. The molecule has 0 aliphatic rings. The molecule has 1 aromatic heterocycles. The summed E-state index contributed by atoms with van der Waals surface area (Å²) in [6.45, 7) is 0.382. The molecule has 4 nitrogen and oxygen atoms in total. The molecule has 0 saturated heterocycles. The standard InChI is InChI=1S/C10H9Cl2N3O/c11-7-2-1-6(3-8(7)12)5-15-10(16)4-9(13)14-15/h1-4,14H,5,13H2. The minimum atomic E-state index is -0.177. The monoisotopic (exact) mass is 257 g/mol. The van der Waals surface area contributed by atoms with E-state index >= 15 is 0 Å². The molecule has 1 heterocycles. The highest BCUT2D eigenvalue weighted by atomic mass is 35.5. The third-order valence-electron chi connectivity index (χ3n) is 2.13. The average molecular weight is 258 g/mol. The van der Waals surface area contributed by atoms with Gasteiger partial charge in [0.2, 0.25) is 0 Å². The Bertz CT molecular complexity index is 574. The second-order valence-corrected chi connectivity index (χ2v) is 4.20. The van der Waals surface area contributed by atoms with Crippen LogP contribution in [-0.4, -0.2) is 9.78 Å². The SMILES string of the molecule is Nc1cc(=O)n(Cc2ccc(Cl)c(Cl)c2)[nH]1. The lowest BCUT2D eigenvalue weighted by atomic mass is 10.2. The van der Waals surface area contributed by atoms with Gasteiger partial charge >= 0.3 is 0 Å². The van der Waals surface area contributed by atoms with E-state index in [2.05, 4.69) is 5.10 Å². The molecule has 0 bridgehead atoms. The molecule has 0 aliphatic heterocycles. The van der Waals surface area contributed by atoms with Crippen LogP contribution in [0.3, 0.4) is 0 Å². The van der Waals surface area contributed by atoms with Crippen LogP contribution in [-0.2, 0) is 6.54 Å². The van der Waals surface area contributed by atoms with Crippen molar-refractivity contribution in [3.63, 3.8) is 0 Å². The van der Waals surface area contributed by atoms with Crippen molar-refractivity contribution in [2.24, 2.45) is 0 Å². The van der Waals surface area contributed by atoms with Crippen molar-refractivity contribution in [3.8, 4) is 0 Å². The van der Waals surface area contributed by atoms with Crippen molar-refractivity contribution in [2.45, 2.75) is 6.54 Å². The second kappa shape index (κ2) is 4.23. The zero-order chi connectivity index (χ0) is 11.7. The topological polar surface area (TPSA) is 63.8 Å². The first-order chi connectivity index (χ1) is 7.56. The summed E-state index contributed by atoms with van der Waals surface area (Å²) >= 11 is 11.7. The summed E-state index contributed by atoms with van der Waals surface area (Å²) in [7, 11) is 0. The van der Waals surface area contributed by atoms with E-state index in [1.165, 1.54) is 10.7 Å². The number of nitrogens with one attached hydrogen (secondary N) is 1. The smallest absolute Gasteiger partial charge is 0.268 e. The van der Waals surface area contributed by atoms with Crippen LogP contribution in [0.25, 0.3) is 0 Å². The lowest BCUT2D eigenvalue weighted by Gasteiger charge is -2.03. The summed E-state index contributed by atoms with van der Waals surface area (Å²) in [5, 5.41) is 3.69. The van der Waals surface area contributed by atoms with Crippen molar-refractivity contribution in [1.82, 2.24) is 9.78 Å². The molecule has 6 heteroatoms. The van der Waals surface area contributed by atoms with Crippen LogP contribution in [0.2, 0.25) is 10.0 Å². The van der Waals surface area contributed by atoms with Gasteiger partial charge in [-0.25, -0.2) is 4.68 Å². The van der Waals surface area contributed by atoms with Crippen LogP contribution in [0, 0.1) is 0 Å². The number of hydrogen-bond acceptors (Lipinski definition) is 2. The maximum absolute atomic E-state index is 11.4. The number of H-pyrrole nitrogens is 1. The summed E-state index contributed by atoms with van der Waals surface area (Å²) in [5.41, 5.74) is 6.16. The zero-order valence-corrected chi connectivity index (χ0v) is 9.72. The predicted molar refractivity (Wildman–Crippen MR) is 65.0 cm³/mol. The van der Waals surface area contributed by atoms with E-state index in [9.17, 15) is 4.79 Å². The highest BCUT2D eigenvalue weighted by Gasteiger charge is 2.03. The summed E-state index contributed by atoms with van der Waals surface area (Å²) < 4.78 is 1.40. The molecule has 0 fully saturated rings. The fourth-order valence-electron chi connectivity index (χ4n) is 1.39. The van der Waals surface area contributed by atoms with E-state index in [1.54, 1.807) is 18.2 Å². The normalized spacial score (nSPS) is 10.6. The summed E-state index contributed by atoms with van der Waals surface area (Å²) in [5.74, 6) is 0.338. The molecule has 0 unspecified atom stereocenters. The van der Waals surface area contributed by atoms with Gasteiger partial charge in [0, 0.05) is 6.07 Å². The molecular formula is C10H9Cl2N3O. The molecule has 16 heavy (non-hydrogen) atoms. The lowest BCUT2D eigenvalue weighted by molar-refractivity contribution is 0.667. The summed E-state index contributed by atoms with van der Waals surface area (Å²) in [6, 6.07) is 6.54. The van der Waals surface area contributed by atoms with Gasteiger partial charge in [0.05, 0.1) is 16.6 Å². The van der Waals surface area contributed by atoms with Gasteiger partial charge in [-0.3, -0.25) is 9.89 Å². The van der Waals surface area contributed by atoms with Crippen LogP contribution in [0.1, 0.15) is 5.56 Å². The molecule has 3 N–H and O–H groups in total. The molecule has 84 valence electrons. The lowest BCUT2D eigenvalue weighted by Crippen LogP contribution is -2.16. The number of aromatic amines is 1. The van der Waals surface area contributed by atoms with E-state index in [0.717, 1.165) is 5.56 Å². The fraction of sp³-hybridized carbons (Fsp3) is 0.100. The Labute approximate surface area is 102 Å². The first-order valence-corrected chi connectivity index (χ1v) is 5.31.